The van der Waals surface area contributed by atoms with E-state index in [0.717, 1.165) is 15.6 Å². The lowest BCUT2D eigenvalue weighted by molar-refractivity contribution is -0.136. The van der Waals surface area contributed by atoms with Gasteiger partial charge in [-0.3, -0.25) is 9.59 Å². The van der Waals surface area contributed by atoms with E-state index in [1.165, 1.54) is 11.3 Å². The Kier molecular flexibility index (Phi) is 4.95. The molecule has 1 aliphatic rings. The minimum Gasteiger partial charge on any atom is -0.375 e. The molecule has 1 atom stereocenters. The molecule has 28 heavy (non-hydrogen) atoms. The first-order chi connectivity index (χ1) is 13.4. The van der Waals surface area contributed by atoms with Gasteiger partial charge in [0.1, 0.15) is 0 Å². The molecule has 142 valence electrons. The molecule has 1 amide bonds. The first-order valence-corrected chi connectivity index (χ1v) is 10.5. The molecule has 0 fully saturated rings. The molecule has 4 nitrogen and oxygen atoms in total. The van der Waals surface area contributed by atoms with Crippen molar-refractivity contribution in [2.45, 2.75) is 25.5 Å². The highest BCUT2D eigenvalue weighted by Gasteiger charge is 2.51. The highest BCUT2D eigenvalue weighted by Crippen LogP contribution is 2.45. The molecule has 4 rings (SSSR count). The fraction of sp³-hybridized carbons (Fsp3) is 0.182. The van der Waals surface area contributed by atoms with E-state index >= 15 is 0 Å². The molecule has 1 aliphatic heterocycles. The van der Waals surface area contributed by atoms with E-state index in [2.05, 4.69) is 15.9 Å². The van der Waals surface area contributed by atoms with Gasteiger partial charge in [0.2, 0.25) is 0 Å². The van der Waals surface area contributed by atoms with Gasteiger partial charge in [0, 0.05) is 10.0 Å². The van der Waals surface area contributed by atoms with Gasteiger partial charge in [-0.05, 0) is 42.1 Å². The third-order valence-electron chi connectivity index (χ3n) is 4.97. The van der Waals surface area contributed by atoms with Crippen LogP contribution in [0.5, 0.6) is 0 Å². The third-order valence-corrected chi connectivity index (χ3v) is 6.37. The Morgan fingerprint density at radius 2 is 1.93 bits per heavy atom. The number of aryl methyl sites for hydroxylation is 1. The van der Waals surface area contributed by atoms with Gasteiger partial charge in [-0.1, -0.05) is 51.8 Å². The van der Waals surface area contributed by atoms with Crippen LogP contribution in [0.4, 0.5) is 5.69 Å². The Balaban J connectivity index is 1.72. The van der Waals surface area contributed by atoms with Gasteiger partial charge in [0.05, 0.1) is 23.5 Å². The van der Waals surface area contributed by atoms with E-state index in [0.29, 0.717) is 22.7 Å². The zero-order valence-electron chi connectivity index (χ0n) is 15.2. The largest absolute Gasteiger partial charge is 0.375 e. The van der Waals surface area contributed by atoms with Crippen LogP contribution >= 0.6 is 27.3 Å². The van der Waals surface area contributed by atoms with Gasteiger partial charge in [0.25, 0.3) is 5.91 Å². The quantitative estimate of drug-likeness (QED) is 0.560. The molecule has 2 heterocycles. The zero-order chi connectivity index (χ0) is 19.9. The van der Waals surface area contributed by atoms with Crippen molar-refractivity contribution in [1.29, 1.82) is 0 Å². The van der Waals surface area contributed by atoms with Gasteiger partial charge >= 0.3 is 0 Å². The second-order valence-electron chi connectivity index (χ2n) is 6.98. The van der Waals surface area contributed by atoms with Crippen LogP contribution in [0.25, 0.3) is 0 Å². The van der Waals surface area contributed by atoms with Gasteiger partial charge in [0.15, 0.2) is 11.4 Å². The summed E-state index contributed by atoms with van der Waals surface area (Å²) in [5.74, 6) is -0.708. The number of halogens is 1. The zero-order valence-corrected chi connectivity index (χ0v) is 17.6. The topological polar surface area (TPSA) is 57.6 Å². The predicted octanol–water partition coefficient (Wildman–Crippen LogP) is 4.83. The number of nitrogens with zero attached hydrogens (tertiary/aromatic N) is 1. The molecule has 0 aliphatic carbocycles. The molecular weight excluding hydrogens is 438 g/mol. The molecule has 0 unspecified atom stereocenters. The Bertz CT molecular complexity index is 1050. The van der Waals surface area contributed by atoms with E-state index < -0.39 is 11.5 Å². The minimum atomic E-state index is -1.87. The summed E-state index contributed by atoms with van der Waals surface area (Å²) in [5, 5.41) is 13.2. The van der Waals surface area contributed by atoms with Crippen LogP contribution < -0.4 is 4.90 Å². The number of benzene rings is 2. The number of fused-ring (bicyclic) bond motifs is 1. The molecule has 0 spiro atoms. The summed E-state index contributed by atoms with van der Waals surface area (Å²) in [5.41, 5.74) is 1.32. The highest BCUT2D eigenvalue weighted by molar-refractivity contribution is 9.10. The smallest absolute Gasteiger partial charge is 0.264 e. The lowest BCUT2D eigenvalue weighted by Crippen LogP contribution is -2.41. The molecule has 1 aromatic heterocycles. The lowest BCUT2D eigenvalue weighted by Gasteiger charge is -2.22. The molecule has 3 aromatic rings. The summed E-state index contributed by atoms with van der Waals surface area (Å²) in [6.45, 7) is 2.34. The van der Waals surface area contributed by atoms with E-state index in [-0.39, 0.29) is 12.2 Å². The number of Topliss-reactive ketones (excluding diaryl/α,β-unsaturated/α-hetero) is 1. The maximum atomic E-state index is 13.3. The number of carbonyl (C=O) groups excluding carboxylic acids is 2. The summed E-state index contributed by atoms with van der Waals surface area (Å²) in [6, 6.07) is 16.8. The van der Waals surface area contributed by atoms with Crippen LogP contribution in [-0.2, 0) is 16.9 Å². The van der Waals surface area contributed by atoms with Gasteiger partial charge < -0.3 is 10.0 Å². The van der Waals surface area contributed by atoms with Crippen molar-refractivity contribution in [3.05, 3.63) is 86.0 Å². The van der Waals surface area contributed by atoms with Gasteiger partial charge in [-0.2, -0.15) is 0 Å². The Hall–Kier alpha value is -2.28. The van der Waals surface area contributed by atoms with Crippen molar-refractivity contribution in [3.8, 4) is 0 Å². The number of thiophene rings is 1. The van der Waals surface area contributed by atoms with Crippen LogP contribution in [-0.4, -0.2) is 16.8 Å². The monoisotopic (exact) mass is 455 g/mol. The Labute approximate surface area is 175 Å². The Morgan fingerprint density at radius 3 is 2.61 bits per heavy atom. The predicted molar refractivity (Wildman–Crippen MR) is 114 cm³/mol. The van der Waals surface area contributed by atoms with E-state index in [1.54, 1.807) is 29.2 Å². The van der Waals surface area contributed by atoms with Crippen molar-refractivity contribution in [3.63, 3.8) is 0 Å². The van der Waals surface area contributed by atoms with Crippen LogP contribution in [0.3, 0.4) is 0 Å². The third kappa shape index (κ3) is 3.32. The molecule has 6 heteroatoms. The van der Waals surface area contributed by atoms with Gasteiger partial charge in [-0.25, -0.2) is 0 Å². The standard InChI is InChI=1S/C22H18BrNO3S/c1-14-4-6-15(7-5-14)13-24-18-9-8-16(23)11-17(18)22(27,21(24)26)12-19(25)20-3-2-10-28-20/h2-11,27H,12-13H2,1H3/t22-/m0/s1. The summed E-state index contributed by atoms with van der Waals surface area (Å²) >= 11 is 4.72. The van der Waals surface area contributed by atoms with E-state index in [1.807, 2.05) is 42.6 Å². The van der Waals surface area contributed by atoms with Crippen LogP contribution in [0.15, 0.2) is 64.5 Å². The van der Waals surface area contributed by atoms with Crippen molar-refractivity contribution in [2.24, 2.45) is 0 Å². The second kappa shape index (κ2) is 7.28. The second-order valence-corrected chi connectivity index (χ2v) is 8.84. The fourth-order valence-electron chi connectivity index (χ4n) is 3.48. The number of ketones is 1. The fourth-order valence-corrected chi connectivity index (χ4v) is 4.51. The van der Waals surface area contributed by atoms with Crippen LogP contribution in [0, 0.1) is 6.92 Å². The number of rotatable bonds is 5. The number of hydrogen-bond donors (Lipinski definition) is 1. The molecular formula is C22H18BrNO3S. The number of carbonyl (C=O) groups is 2. The molecule has 0 saturated carbocycles. The average molecular weight is 456 g/mol. The number of hydrogen-bond acceptors (Lipinski definition) is 4. The average Bonchev–Trinajstić information content (AvgIpc) is 3.27. The minimum absolute atomic E-state index is 0.242. The summed E-state index contributed by atoms with van der Waals surface area (Å²) in [7, 11) is 0. The molecule has 2 aromatic carbocycles. The van der Waals surface area contributed by atoms with Gasteiger partial charge in [-0.15, -0.1) is 11.3 Å². The molecule has 0 saturated heterocycles. The molecule has 1 N–H and O–H groups in total. The Morgan fingerprint density at radius 1 is 1.18 bits per heavy atom. The van der Waals surface area contributed by atoms with Crippen LogP contribution in [0.2, 0.25) is 0 Å². The normalized spacial score (nSPS) is 18.4. The van der Waals surface area contributed by atoms with Crippen molar-refractivity contribution >= 4 is 44.6 Å². The van der Waals surface area contributed by atoms with E-state index in [9.17, 15) is 14.7 Å². The molecule has 0 radical (unpaired) electrons. The van der Waals surface area contributed by atoms with Crippen molar-refractivity contribution in [1.82, 2.24) is 0 Å². The summed E-state index contributed by atoms with van der Waals surface area (Å²) in [4.78, 5) is 28.1. The first-order valence-electron chi connectivity index (χ1n) is 8.85. The van der Waals surface area contributed by atoms with Crippen molar-refractivity contribution in [2.75, 3.05) is 4.90 Å². The summed E-state index contributed by atoms with van der Waals surface area (Å²) in [6.07, 6.45) is -0.278. The number of aliphatic hydroxyl groups is 1. The number of amides is 1. The van der Waals surface area contributed by atoms with E-state index in [4.69, 9.17) is 0 Å². The van der Waals surface area contributed by atoms with Crippen molar-refractivity contribution < 1.29 is 14.7 Å². The molecule has 0 bridgehead atoms. The lowest BCUT2D eigenvalue weighted by atomic mass is 9.89. The first kappa shape index (κ1) is 19.1. The maximum Gasteiger partial charge on any atom is 0.264 e. The number of anilines is 1. The summed E-state index contributed by atoms with van der Waals surface area (Å²) < 4.78 is 0.748. The maximum absolute atomic E-state index is 13.3. The highest BCUT2D eigenvalue weighted by atomic mass is 79.9. The SMILES string of the molecule is Cc1ccc(CN2C(=O)[C@](O)(CC(=O)c3cccs3)c3cc(Br)ccc32)cc1. The van der Waals surface area contributed by atoms with Crippen LogP contribution in [0.1, 0.15) is 32.8 Å².